The molecule has 1 aliphatic carbocycles. The van der Waals surface area contributed by atoms with Crippen LogP contribution in [0.25, 0.3) is 43.1 Å². The van der Waals surface area contributed by atoms with Crippen LogP contribution in [-0.4, -0.2) is 48.6 Å². The van der Waals surface area contributed by atoms with Crippen molar-refractivity contribution in [1.82, 2.24) is 0 Å². The van der Waals surface area contributed by atoms with Crippen molar-refractivity contribution in [1.29, 1.82) is 0 Å². The van der Waals surface area contributed by atoms with Crippen LogP contribution in [0.3, 0.4) is 0 Å². The second kappa shape index (κ2) is 19.0. The molecule has 7 rings (SSSR count). The summed E-state index contributed by atoms with van der Waals surface area (Å²) in [6.45, 7) is 12.4. The summed E-state index contributed by atoms with van der Waals surface area (Å²) in [5.74, 6) is -1.90. The number of benzene rings is 6. The van der Waals surface area contributed by atoms with Gasteiger partial charge in [0.2, 0.25) is 0 Å². The summed E-state index contributed by atoms with van der Waals surface area (Å²) in [6, 6.07) is 28.6. The Morgan fingerprint density at radius 1 is 0.431 bits per heavy atom. The molecular weight excluding hydrogens is 717 g/mol. The molecule has 6 aromatic rings. The molecule has 1 aliphatic rings. The van der Waals surface area contributed by atoms with Crippen molar-refractivity contribution in [2.75, 3.05) is 36.0 Å². The Kier molecular flexibility index (Phi) is 13.7. The molecule has 0 aromatic heterocycles. The van der Waals surface area contributed by atoms with Crippen molar-refractivity contribution >= 4 is 54.5 Å². The number of phenols is 2. The molecule has 0 unspecified atom stereocenters. The van der Waals surface area contributed by atoms with Crippen LogP contribution in [-0.2, 0) is 0 Å². The minimum Gasteiger partial charge on any atom is -0.851 e. The highest BCUT2D eigenvalue weighted by atomic mass is 16.3. The zero-order chi connectivity index (χ0) is 40.8. The molecule has 0 radical (unpaired) electrons. The molecule has 308 valence electrons. The third kappa shape index (κ3) is 8.33. The van der Waals surface area contributed by atoms with Crippen LogP contribution >= 0.6 is 0 Å². The van der Waals surface area contributed by atoms with Gasteiger partial charge in [0.25, 0.3) is 0 Å². The van der Waals surface area contributed by atoms with Crippen LogP contribution in [0.5, 0.6) is 11.5 Å². The molecule has 2 N–H and O–H groups in total. The Morgan fingerprint density at radius 2 is 0.724 bits per heavy atom. The fourth-order valence-electron chi connectivity index (χ4n) is 9.67. The maximum atomic E-state index is 14.9. The first kappa shape index (κ1) is 41.6. The van der Waals surface area contributed by atoms with Gasteiger partial charge < -0.3 is 30.2 Å². The van der Waals surface area contributed by atoms with Gasteiger partial charge >= 0.3 is 0 Å². The summed E-state index contributed by atoms with van der Waals surface area (Å²) in [7, 11) is 0. The highest BCUT2D eigenvalue weighted by molar-refractivity contribution is 6.08. The number of anilines is 2. The summed E-state index contributed by atoms with van der Waals surface area (Å²) < 4.78 is 0. The third-order valence-electron chi connectivity index (χ3n) is 12.9. The number of phenolic OH excluding ortho intramolecular Hbond substituents is 2. The van der Waals surface area contributed by atoms with Crippen molar-refractivity contribution < 1.29 is 20.4 Å². The molecule has 0 atom stereocenters. The lowest BCUT2D eigenvalue weighted by Crippen LogP contribution is -2.63. The molecule has 0 amide bonds. The van der Waals surface area contributed by atoms with E-state index in [1.165, 1.54) is 0 Å². The topological polar surface area (TPSA) is 93.1 Å². The SMILES string of the molecule is CCCCCN(CCCCC)c1cc(O)c(C2C([O-])C(c3c(O)cc(N(CCCCC)CCCCC)c4cc5ccccc5cc34)C2[O-])c2cc3ccccc3cc12. The van der Waals surface area contributed by atoms with E-state index in [-0.39, 0.29) is 11.5 Å². The molecule has 0 bridgehead atoms. The second-order valence-electron chi connectivity index (χ2n) is 16.9. The minimum absolute atomic E-state index is 0.0177. The van der Waals surface area contributed by atoms with Crippen molar-refractivity contribution in [2.24, 2.45) is 0 Å². The first-order chi connectivity index (χ1) is 28.3. The zero-order valence-corrected chi connectivity index (χ0v) is 35.3. The Labute approximate surface area is 346 Å². The quantitative estimate of drug-likeness (QED) is 0.0592. The van der Waals surface area contributed by atoms with Gasteiger partial charge in [0, 0.05) is 71.6 Å². The number of hydrogen-bond acceptors (Lipinski definition) is 6. The minimum atomic E-state index is -1.35. The van der Waals surface area contributed by atoms with Crippen molar-refractivity contribution in [2.45, 2.75) is 129 Å². The smallest absolute Gasteiger partial charge is 0.121 e. The first-order valence-corrected chi connectivity index (χ1v) is 22.5. The summed E-state index contributed by atoms with van der Waals surface area (Å²) in [5.41, 5.74) is 2.82. The Morgan fingerprint density at radius 3 is 1.02 bits per heavy atom. The maximum Gasteiger partial charge on any atom is 0.121 e. The van der Waals surface area contributed by atoms with E-state index in [9.17, 15) is 20.4 Å². The van der Waals surface area contributed by atoms with Gasteiger partial charge in [0.05, 0.1) is 0 Å². The predicted molar refractivity (Wildman–Crippen MR) is 242 cm³/mol. The predicted octanol–water partition coefficient (Wildman–Crippen LogP) is 11.4. The van der Waals surface area contributed by atoms with Crippen LogP contribution in [0.15, 0.2) is 84.9 Å². The largest absolute Gasteiger partial charge is 0.851 e. The Balaban J connectivity index is 1.34. The molecule has 0 saturated heterocycles. The second-order valence-corrected chi connectivity index (χ2v) is 16.9. The van der Waals surface area contributed by atoms with Gasteiger partial charge in [-0.25, -0.2) is 0 Å². The highest BCUT2D eigenvalue weighted by Gasteiger charge is 2.43. The lowest BCUT2D eigenvalue weighted by Gasteiger charge is -2.62. The van der Waals surface area contributed by atoms with E-state index >= 15 is 0 Å². The van der Waals surface area contributed by atoms with Crippen LogP contribution in [0.1, 0.15) is 128 Å². The van der Waals surface area contributed by atoms with Gasteiger partial charge in [-0.3, -0.25) is 0 Å². The van der Waals surface area contributed by atoms with Gasteiger partial charge in [0.15, 0.2) is 0 Å². The van der Waals surface area contributed by atoms with Gasteiger partial charge in [-0.05, 0) is 94.1 Å². The summed E-state index contributed by atoms with van der Waals surface area (Å²) in [6.07, 6.45) is 10.5. The summed E-state index contributed by atoms with van der Waals surface area (Å²) in [4.78, 5) is 4.81. The molecule has 6 heteroatoms. The van der Waals surface area contributed by atoms with Crippen LogP contribution < -0.4 is 20.0 Å². The van der Waals surface area contributed by atoms with Gasteiger partial charge in [-0.2, -0.15) is 0 Å². The van der Waals surface area contributed by atoms with Crippen molar-refractivity contribution in [3.8, 4) is 11.5 Å². The lowest BCUT2D eigenvalue weighted by molar-refractivity contribution is -0.535. The molecule has 0 aliphatic heterocycles. The standard InChI is InChI=1S/C52H64N2O4/c1-5-9-17-25-53(26-18-10-6-2)43-33-45(55)47(41-31-37-23-15-13-21-35(37)29-39(41)43)49-51(57)50(52(49)58)48-42-32-38-24-16-14-22-36(38)30-40(42)44(34-46(48)56)54(27-19-11-7-3)28-20-12-8-4/h13-16,21-24,29-34,49-52,55-56H,5-12,17-20,25-28H2,1-4H3/q-2. The number of unbranched alkanes of at least 4 members (excludes halogenated alkanes) is 8. The number of fused-ring (bicyclic) bond motifs is 4. The number of rotatable bonds is 20. The first-order valence-electron chi connectivity index (χ1n) is 22.5. The molecule has 0 heterocycles. The lowest BCUT2D eigenvalue weighted by atomic mass is 9.61. The van der Waals surface area contributed by atoms with E-state index in [0.717, 1.165) is 158 Å². The molecule has 1 fully saturated rings. The number of nitrogens with zero attached hydrogens (tertiary/aromatic N) is 2. The molecule has 1 saturated carbocycles. The molecule has 58 heavy (non-hydrogen) atoms. The Hall–Kier alpha value is -4.52. The number of hydrogen-bond donors (Lipinski definition) is 2. The van der Waals surface area contributed by atoms with Gasteiger partial charge in [-0.15, -0.1) is 12.2 Å². The van der Waals surface area contributed by atoms with Gasteiger partial charge in [0.1, 0.15) is 11.5 Å². The molecule has 6 aromatic carbocycles. The monoisotopic (exact) mass is 780 g/mol. The normalized spacial score (nSPS) is 18.0. The van der Waals surface area contributed by atoms with Gasteiger partial charge in [-0.1, -0.05) is 128 Å². The molecule has 0 spiro atoms. The van der Waals surface area contributed by atoms with E-state index in [1.807, 2.05) is 36.4 Å². The summed E-state index contributed by atoms with van der Waals surface area (Å²) >= 11 is 0. The van der Waals surface area contributed by atoms with Crippen LogP contribution in [0.2, 0.25) is 0 Å². The van der Waals surface area contributed by atoms with E-state index < -0.39 is 24.0 Å². The fraction of sp³-hybridized carbons (Fsp3) is 0.462. The van der Waals surface area contributed by atoms with Crippen molar-refractivity contribution in [3.63, 3.8) is 0 Å². The molecule has 6 nitrogen and oxygen atoms in total. The average molecular weight is 781 g/mol. The maximum absolute atomic E-state index is 14.9. The Bertz CT molecular complexity index is 2130. The average Bonchev–Trinajstić information content (AvgIpc) is 3.23. The van der Waals surface area contributed by atoms with E-state index in [4.69, 9.17) is 0 Å². The third-order valence-corrected chi connectivity index (χ3v) is 12.9. The van der Waals surface area contributed by atoms with Crippen LogP contribution in [0, 0.1) is 0 Å². The van der Waals surface area contributed by atoms with E-state index in [0.29, 0.717) is 11.1 Å². The zero-order valence-electron chi connectivity index (χ0n) is 35.3. The number of aromatic hydroxyl groups is 2. The summed E-state index contributed by atoms with van der Waals surface area (Å²) in [5, 5.41) is 61.5. The highest BCUT2D eigenvalue weighted by Crippen LogP contribution is 2.55. The van der Waals surface area contributed by atoms with E-state index in [2.05, 4.69) is 86.0 Å². The van der Waals surface area contributed by atoms with E-state index in [1.54, 1.807) is 0 Å². The van der Waals surface area contributed by atoms with Crippen molar-refractivity contribution in [3.05, 3.63) is 96.1 Å². The fourth-order valence-corrected chi connectivity index (χ4v) is 9.67. The molecular formula is C52H64N2O4-2. The van der Waals surface area contributed by atoms with Crippen LogP contribution in [0.4, 0.5) is 11.4 Å².